The normalized spacial score (nSPS) is 25.8. The second kappa shape index (κ2) is 8.06. The van der Waals surface area contributed by atoms with E-state index in [0.717, 1.165) is 32.2 Å². The van der Waals surface area contributed by atoms with Crippen LogP contribution in [0.5, 0.6) is 0 Å². The summed E-state index contributed by atoms with van der Waals surface area (Å²) in [6, 6.07) is 0.518. The van der Waals surface area contributed by atoms with Crippen molar-refractivity contribution in [2.24, 2.45) is 5.92 Å². The van der Waals surface area contributed by atoms with Crippen LogP contribution in [0.3, 0.4) is 0 Å². The monoisotopic (exact) mass is 242 g/mol. The van der Waals surface area contributed by atoms with Crippen molar-refractivity contribution in [3.63, 3.8) is 0 Å². The fraction of sp³-hybridized carbons (Fsp3) is 1.00. The van der Waals surface area contributed by atoms with Gasteiger partial charge in [0.05, 0.1) is 12.7 Å². The van der Waals surface area contributed by atoms with Gasteiger partial charge in [-0.15, -0.1) is 0 Å². The van der Waals surface area contributed by atoms with Crippen LogP contribution in [0, 0.1) is 5.92 Å². The molecule has 0 bridgehead atoms. The van der Waals surface area contributed by atoms with E-state index in [9.17, 15) is 0 Å². The molecule has 1 aliphatic heterocycles. The van der Waals surface area contributed by atoms with Crippen LogP contribution in [-0.4, -0.2) is 50.3 Å². The summed E-state index contributed by atoms with van der Waals surface area (Å²) in [4.78, 5) is 2.38. The van der Waals surface area contributed by atoms with Crippen LogP contribution in [0.15, 0.2) is 0 Å². The summed E-state index contributed by atoms with van der Waals surface area (Å²) in [5.41, 5.74) is 0. The van der Waals surface area contributed by atoms with E-state index < -0.39 is 0 Å². The van der Waals surface area contributed by atoms with Crippen molar-refractivity contribution >= 4 is 0 Å². The van der Waals surface area contributed by atoms with E-state index in [4.69, 9.17) is 4.74 Å². The van der Waals surface area contributed by atoms with Gasteiger partial charge in [0.2, 0.25) is 0 Å². The van der Waals surface area contributed by atoms with Crippen molar-refractivity contribution < 1.29 is 4.74 Å². The Morgan fingerprint density at radius 2 is 2.18 bits per heavy atom. The smallest absolute Gasteiger partial charge is 0.0855 e. The summed E-state index contributed by atoms with van der Waals surface area (Å²) < 4.78 is 5.94. The minimum Gasteiger partial charge on any atom is -0.374 e. The molecule has 0 aliphatic carbocycles. The highest BCUT2D eigenvalue weighted by Crippen LogP contribution is 2.18. The van der Waals surface area contributed by atoms with E-state index in [1.165, 1.54) is 19.3 Å². The van der Waals surface area contributed by atoms with E-state index in [1.807, 2.05) is 0 Å². The van der Waals surface area contributed by atoms with Gasteiger partial charge in [-0.05, 0) is 25.9 Å². The average Bonchev–Trinajstić information content (AvgIpc) is 2.29. The zero-order valence-corrected chi connectivity index (χ0v) is 12.0. The third-order valence-electron chi connectivity index (χ3n) is 3.65. The van der Waals surface area contributed by atoms with Gasteiger partial charge in [0, 0.05) is 19.1 Å². The number of morpholine rings is 1. The zero-order valence-electron chi connectivity index (χ0n) is 12.0. The Bertz CT molecular complexity index is 199. The number of hydrogen-bond donors (Lipinski definition) is 1. The molecular formula is C14H30N2O. The molecule has 3 atom stereocenters. The second-order valence-corrected chi connectivity index (χ2v) is 5.47. The Morgan fingerprint density at radius 3 is 2.76 bits per heavy atom. The van der Waals surface area contributed by atoms with Gasteiger partial charge in [0.25, 0.3) is 0 Å². The highest BCUT2D eigenvalue weighted by molar-refractivity contribution is 4.83. The van der Waals surface area contributed by atoms with E-state index in [1.54, 1.807) is 0 Å². The maximum absolute atomic E-state index is 5.94. The van der Waals surface area contributed by atoms with Crippen LogP contribution in [0.1, 0.15) is 40.0 Å². The number of nitrogens with zero attached hydrogens (tertiary/aromatic N) is 1. The molecule has 1 rings (SSSR count). The third-order valence-corrected chi connectivity index (χ3v) is 3.65. The maximum Gasteiger partial charge on any atom is 0.0855 e. The van der Waals surface area contributed by atoms with E-state index >= 15 is 0 Å². The van der Waals surface area contributed by atoms with Crippen molar-refractivity contribution in [1.29, 1.82) is 0 Å². The lowest BCUT2D eigenvalue weighted by Gasteiger charge is -2.36. The van der Waals surface area contributed by atoms with Crippen molar-refractivity contribution in [3.05, 3.63) is 0 Å². The summed E-state index contributed by atoms with van der Waals surface area (Å²) >= 11 is 0. The predicted molar refractivity (Wildman–Crippen MR) is 73.4 cm³/mol. The third kappa shape index (κ3) is 5.36. The summed E-state index contributed by atoms with van der Waals surface area (Å²) in [7, 11) is 2.19. The van der Waals surface area contributed by atoms with Crippen LogP contribution in [0.2, 0.25) is 0 Å². The van der Waals surface area contributed by atoms with Crippen LogP contribution >= 0.6 is 0 Å². The summed E-state index contributed by atoms with van der Waals surface area (Å²) in [6.07, 6.45) is 4.21. The molecule has 1 fully saturated rings. The summed E-state index contributed by atoms with van der Waals surface area (Å²) in [5.74, 6) is 0.792. The fourth-order valence-electron chi connectivity index (χ4n) is 2.73. The molecule has 102 valence electrons. The molecule has 0 aromatic carbocycles. The molecule has 1 N–H and O–H groups in total. The van der Waals surface area contributed by atoms with Crippen LogP contribution in [0.25, 0.3) is 0 Å². The SMILES string of the molecule is CCCC(C)CC(NCC)C1CN(C)CCO1. The first-order chi connectivity index (χ1) is 8.17. The molecular weight excluding hydrogens is 212 g/mol. The van der Waals surface area contributed by atoms with Crippen molar-refractivity contribution in [2.45, 2.75) is 52.2 Å². The zero-order chi connectivity index (χ0) is 12.7. The van der Waals surface area contributed by atoms with Gasteiger partial charge < -0.3 is 15.0 Å². The first-order valence-corrected chi connectivity index (χ1v) is 7.20. The minimum atomic E-state index is 0.369. The second-order valence-electron chi connectivity index (χ2n) is 5.47. The number of likely N-dealkylation sites (N-methyl/N-ethyl adjacent to an activating group) is 2. The van der Waals surface area contributed by atoms with Gasteiger partial charge in [-0.25, -0.2) is 0 Å². The first kappa shape index (κ1) is 14.9. The number of rotatable bonds is 7. The Kier molecular flexibility index (Phi) is 7.09. The first-order valence-electron chi connectivity index (χ1n) is 7.20. The lowest BCUT2D eigenvalue weighted by atomic mass is 9.93. The topological polar surface area (TPSA) is 24.5 Å². The van der Waals surface area contributed by atoms with E-state index in [2.05, 4.69) is 38.0 Å². The predicted octanol–water partition coefficient (Wildman–Crippen LogP) is 2.12. The standard InChI is InChI=1S/C14H30N2O/c1-5-7-12(3)10-13(15-6-2)14-11-16(4)8-9-17-14/h12-15H,5-11H2,1-4H3. The quantitative estimate of drug-likeness (QED) is 0.740. The molecule has 3 nitrogen and oxygen atoms in total. The van der Waals surface area contributed by atoms with Crippen LogP contribution in [0.4, 0.5) is 0 Å². The lowest BCUT2D eigenvalue weighted by Crippen LogP contribution is -2.51. The number of hydrogen-bond acceptors (Lipinski definition) is 3. The molecule has 0 amide bonds. The molecule has 1 aliphatic rings. The largest absolute Gasteiger partial charge is 0.374 e. The molecule has 3 heteroatoms. The molecule has 0 spiro atoms. The molecule has 0 aromatic heterocycles. The minimum absolute atomic E-state index is 0.369. The molecule has 0 radical (unpaired) electrons. The number of ether oxygens (including phenoxy) is 1. The van der Waals surface area contributed by atoms with Crippen molar-refractivity contribution in [2.75, 3.05) is 33.3 Å². The molecule has 1 heterocycles. The lowest BCUT2D eigenvalue weighted by molar-refractivity contribution is -0.0420. The van der Waals surface area contributed by atoms with Gasteiger partial charge in [-0.1, -0.05) is 33.6 Å². The van der Waals surface area contributed by atoms with E-state index in [-0.39, 0.29) is 0 Å². The molecule has 17 heavy (non-hydrogen) atoms. The Morgan fingerprint density at radius 1 is 1.41 bits per heavy atom. The van der Waals surface area contributed by atoms with Crippen LogP contribution in [-0.2, 0) is 4.74 Å². The Labute approximate surface area is 107 Å². The molecule has 1 saturated heterocycles. The average molecular weight is 242 g/mol. The van der Waals surface area contributed by atoms with Crippen molar-refractivity contribution in [1.82, 2.24) is 10.2 Å². The summed E-state index contributed by atoms with van der Waals surface area (Å²) in [6.45, 7) is 10.9. The Balaban J connectivity index is 2.45. The maximum atomic E-state index is 5.94. The number of nitrogens with one attached hydrogen (secondary N) is 1. The van der Waals surface area contributed by atoms with E-state index in [0.29, 0.717) is 12.1 Å². The fourth-order valence-corrected chi connectivity index (χ4v) is 2.73. The highest BCUT2D eigenvalue weighted by Gasteiger charge is 2.27. The molecule has 0 saturated carbocycles. The summed E-state index contributed by atoms with van der Waals surface area (Å²) in [5, 5.41) is 3.61. The Hall–Kier alpha value is -0.120. The van der Waals surface area contributed by atoms with Gasteiger partial charge in [-0.2, -0.15) is 0 Å². The van der Waals surface area contributed by atoms with Crippen LogP contribution < -0.4 is 5.32 Å². The van der Waals surface area contributed by atoms with Crippen molar-refractivity contribution in [3.8, 4) is 0 Å². The van der Waals surface area contributed by atoms with Gasteiger partial charge >= 0.3 is 0 Å². The molecule has 0 aromatic rings. The van der Waals surface area contributed by atoms with Gasteiger partial charge in [-0.3, -0.25) is 0 Å². The highest BCUT2D eigenvalue weighted by atomic mass is 16.5. The van der Waals surface area contributed by atoms with Gasteiger partial charge in [0.15, 0.2) is 0 Å². The molecule has 3 unspecified atom stereocenters. The van der Waals surface area contributed by atoms with Gasteiger partial charge in [0.1, 0.15) is 0 Å².